The minimum Gasteiger partial charge on any atom is -0.237 e. The monoisotopic (exact) mass is 234 g/mol. The molecule has 2 aromatic carbocycles. The Labute approximate surface area is 107 Å². The minimum atomic E-state index is 0.899. The Morgan fingerprint density at radius 2 is 1.44 bits per heavy atom. The summed E-state index contributed by atoms with van der Waals surface area (Å²) >= 11 is 0. The van der Waals surface area contributed by atoms with Gasteiger partial charge in [-0.2, -0.15) is 5.10 Å². The lowest BCUT2D eigenvalue weighted by Gasteiger charge is -2.07. The van der Waals surface area contributed by atoms with E-state index in [1.165, 1.54) is 11.3 Å². The summed E-state index contributed by atoms with van der Waals surface area (Å²) in [6, 6.07) is 22.7. The third-order valence-electron chi connectivity index (χ3n) is 2.95. The van der Waals surface area contributed by atoms with Gasteiger partial charge < -0.3 is 0 Å². The Kier molecular flexibility index (Phi) is 2.92. The van der Waals surface area contributed by atoms with Gasteiger partial charge in [-0.25, -0.2) is 4.68 Å². The summed E-state index contributed by atoms with van der Waals surface area (Å²) < 4.78 is 1.99. The van der Waals surface area contributed by atoms with Gasteiger partial charge >= 0.3 is 0 Å². The smallest absolute Gasteiger partial charge is 0.0648 e. The molecule has 0 saturated carbocycles. The van der Waals surface area contributed by atoms with Gasteiger partial charge in [0.15, 0.2) is 0 Å². The van der Waals surface area contributed by atoms with E-state index in [9.17, 15) is 0 Å². The third-order valence-corrected chi connectivity index (χ3v) is 2.95. The number of nitrogens with zero attached hydrogens (tertiary/aromatic N) is 2. The molecule has 0 bridgehead atoms. The molecule has 2 heteroatoms. The molecule has 2 nitrogen and oxygen atoms in total. The quantitative estimate of drug-likeness (QED) is 0.678. The summed E-state index contributed by atoms with van der Waals surface area (Å²) in [4.78, 5) is 0. The second kappa shape index (κ2) is 4.88. The van der Waals surface area contributed by atoms with E-state index in [0.717, 1.165) is 12.1 Å². The van der Waals surface area contributed by atoms with Gasteiger partial charge in [0.2, 0.25) is 0 Å². The topological polar surface area (TPSA) is 17.8 Å². The van der Waals surface area contributed by atoms with E-state index in [1.54, 1.807) is 0 Å². The van der Waals surface area contributed by atoms with Crippen LogP contribution in [0.15, 0.2) is 72.9 Å². The average molecular weight is 234 g/mol. The van der Waals surface area contributed by atoms with E-state index in [-0.39, 0.29) is 0 Å². The van der Waals surface area contributed by atoms with E-state index < -0.39 is 0 Å². The molecule has 0 atom stereocenters. The van der Waals surface area contributed by atoms with Crippen molar-refractivity contribution in [3.05, 3.63) is 84.2 Å². The van der Waals surface area contributed by atoms with Gasteiger partial charge in [0.05, 0.1) is 5.69 Å². The number of benzene rings is 2. The zero-order chi connectivity index (χ0) is 12.2. The van der Waals surface area contributed by atoms with Crippen LogP contribution in [-0.4, -0.2) is 9.78 Å². The third kappa shape index (κ3) is 2.18. The predicted octanol–water partition coefficient (Wildman–Crippen LogP) is 3.46. The molecule has 3 aromatic rings. The highest BCUT2D eigenvalue weighted by atomic mass is 15.3. The zero-order valence-electron chi connectivity index (χ0n) is 10.0. The van der Waals surface area contributed by atoms with Gasteiger partial charge in [0, 0.05) is 18.3 Å². The molecule has 0 N–H and O–H groups in total. The molecular weight excluding hydrogens is 220 g/mol. The lowest BCUT2D eigenvalue weighted by Crippen LogP contribution is -2.02. The standard InChI is InChI=1S/C16H14N2/c1-3-7-14(8-4-1)13-16-11-12-17-18(16)15-9-5-2-6-10-15/h1-12H,13H2. The maximum Gasteiger partial charge on any atom is 0.0648 e. The van der Waals surface area contributed by atoms with Crippen LogP contribution in [0.3, 0.4) is 0 Å². The van der Waals surface area contributed by atoms with Crippen molar-refractivity contribution in [2.75, 3.05) is 0 Å². The summed E-state index contributed by atoms with van der Waals surface area (Å²) in [5.74, 6) is 0. The van der Waals surface area contributed by atoms with E-state index >= 15 is 0 Å². The van der Waals surface area contributed by atoms with Crippen molar-refractivity contribution in [3.8, 4) is 5.69 Å². The molecule has 0 amide bonds. The molecule has 0 aliphatic rings. The van der Waals surface area contributed by atoms with Crippen molar-refractivity contribution in [2.24, 2.45) is 0 Å². The van der Waals surface area contributed by atoms with E-state index in [1.807, 2.05) is 35.1 Å². The van der Waals surface area contributed by atoms with Crippen LogP contribution in [0.1, 0.15) is 11.3 Å². The molecular formula is C16H14N2. The molecule has 88 valence electrons. The lowest BCUT2D eigenvalue weighted by molar-refractivity contribution is 0.824. The summed E-state index contributed by atoms with van der Waals surface area (Å²) in [6.45, 7) is 0. The first kappa shape index (κ1) is 10.8. The van der Waals surface area contributed by atoms with Crippen molar-refractivity contribution in [1.82, 2.24) is 9.78 Å². The first-order valence-electron chi connectivity index (χ1n) is 6.06. The second-order valence-electron chi connectivity index (χ2n) is 4.23. The molecule has 3 rings (SSSR count). The van der Waals surface area contributed by atoms with Crippen molar-refractivity contribution >= 4 is 0 Å². The molecule has 0 saturated heterocycles. The van der Waals surface area contributed by atoms with Crippen molar-refractivity contribution in [2.45, 2.75) is 6.42 Å². The number of para-hydroxylation sites is 1. The summed E-state index contributed by atoms with van der Waals surface area (Å²) in [5.41, 5.74) is 3.61. The van der Waals surface area contributed by atoms with E-state index in [2.05, 4.69) is 47.6 Å². The molecule has 0 fully saturated rings. The Bertz CT molecular complexity index is 612. The average Bonchev–Trinajstić information content (AvgIpc) is 2.89. The van der Waals surface area contributed by atoms with Crippen molar-refractivity contribution in [1.29, 1.82) is 0 Å². The molecule has 0 radical (unpaired) electrons. The molecule has 0 aliphatic heterocycles. The van der Waals surface area contributed by atoms with Gasteiger partial charge in [-0.05, 0) is 23.8 Å². The summed E-state index contributed by atoms with van der Waals surface area (Å²) in [5, 5.41) is 4.40. The van der Waals surface area contributed by atoms with Crippen LogP contribution in [0.4, 0.5) is 0 Å². The number of hydrogen-bond acceptors (Lipinski definition) is 1. The second-order valence-corrected chi connectivity index (χ2v) is 4.23. The van der Waals surface area contributed by atoms with Crippen LogP contribution < -0.4 is 0 Å². The number of hydrogen-bond donors (Lipinski definition) is 0. The highest BCUT2D eigenvalue weighted by Gasteiger charge is 2.04. The predicted molar refractivity (Wildman–Crippen MR) is 72.8 cm³/mol. The van der Waals surface area contributed by atoms with Crippen LogP contribution in [0.5, 0.6) is 0 Å². The molecule has 0 spiro atoms. The SMILES string of the molecule is c1ccc(Cc2ccnn2-c2ccccc2)cc1. The Morgan fingerprint density at radius 1 is 0.778 bits per heavy atom. The van der Waals surface area contributed by atoms with Crippen LogP contribution in [-0.2, 0) is 6.42 Å². The van der Waals surface area contributed by atoms with Crippen LogP contribution in [0.25, 0.3) is 5.69 Å². The normalized spacial score (nSPS) is 10.4. The van der Waals surface area contributed by atoms with Gasteiger partial charge in [0.25, 0.3) is 0 Å². The van der Waals surface area contributed by atoms with Gasteiger partial charge in [-0.15, -0.1) is 0 Å². The first-order chi connectivity index (χ1) is 8.93. The molecule has 0 aliphatic carbocycles. The van der Waals surface area contributed by atoms with Crippen LogP contribution >= 0.6 is 0 Å². The number of aromatic nitrogens is 2. The highest BCUT2D eigenvalue weighted by molar-refractivity contribution is 5.34. The number of rotatable bonds is 3. The summed E-state index contributed by atoms with van der Waals surface area (Å²) in [7, 11) is 0. The largest absolute Gasteiger partial charge is 0.237 e. The van der Waals surface area contributed by atoms with E-state index in [4.69, 9.17) is 0 Å². The Morgan fingerprint density at radius 3 is 2.17 bits per heavy atom. The maximum atomic E-state index is 4.40. The van der Waals surface area contributed by atoms with Crippen LogP contribution in [0, 0.1) is 0 Å². The highest BCUT2D eigenvalue weighted by Crippen LogP contribution is 2.13. The van der Waals surface area contributed by atoms with Gasteiger partial charge in [0.1, 0.15) is 0 Å². The van der Waals surface area contributed by atoms with Crippen molar-refractivity contribution in [3.63, 3.8) is 0 Å². The lowest BCUT2D eigenvalue weighted by atomic mass is 10.1. The zero-order valence-corrected chi connectivity index (χ0v) is 10.0. The molecule has 0 unspecified atom stereocenters. The first-order valence-corrected chi connectivity index (χ1v) is 6.06. The van der Waals surface area contributed by atoms with Crippen molar-refractivity contribution < 1.29 is 0 Å². The molecule has 1 heterocycles. The fourth-order valence-electron chi connectivity index (χ4n) is 2.07. The van der Waals surface area contributed by atoms with Gasteiger partial charge in [-0.3, -0.25) is 0 Å². The van der Waals surface area contributed by atoms with E-state index in [0.29, 0.717) is 0 Å². The molecule has 1 aromatic heterocycles. The summed E-state index contributed by atoms with van der Waals surface area (Å²) in [6.07, 6.45) is 2.75. The van der Waals surface area contributed by atoms with Crippen LogP contribution in [0.2, 0.25) is 0 Å². The minimum absolute atomic E-state index is 0.899. The Hall–Kier alpha value is -2.35. The fraction of sp³-hybridized carbons (Fsp3) is 0.0625. The maximum absolute atomic E-state index is 4.40. The fourth-order valence-corrected chi connectivity index (χ4v) is 2.07. The van der Waals surface area contributed by atoms with Gasteiger partial charge in [-0.1, -0.05) is 48.5 Å². The molecule has 18 heavy (non-hydrogen) atoms. The Balaban J connectivity index is 1.93.